The fraction of sp³-hybridized carbons (Fsp3) is 0.267. The van der Waals surface area contributed by atoms with Gasteiger partial charge in [0.25, 0.3) is 5.91 Å². The van der Waals surface area contributed by atoms with Crippen LogP contribution in [0.1, 0.15) is 10.4 Å². The molecule has 0 aliphatic heterocycles. The SMILES string of the molecule is O=C(O)CNC(=O)CNC(=O)CN(C(=O)CS)C(=O)c1ccccc1. The predicted octanol–water partition coefficient (Wildman–Crippen LogP) is -1.10. The molecule has 10 heteroatoms. The normalized spacial score (nSPS) is 9.80. The van der Waals surface area contributed by atoms with Gasteiger partial charge < -0.3 is 15.7 Å². The number of carbonyl (C=O) groups excluding carboxylic acids is 4. The van der Waals surface area contributed by atoms with Crippen molar-refractivity contribution in [3.8, 4) is 0 Å². The van der Waals surface area contributed by atoms with Gasteiger partial charge in [-0.2, -0.15) is 12.6 Å². The lowest BCUT2D eigenvalue weighted by molar-refractivity contribution is -0.138. The number of nitrogens with zero attached hydrogens (tertiary/aromatic N) is 1. The maximum absolute atomic E-state index is 12.3. The van der Waals surface area contributed by atoms with Crippen LogP contribution in [0.5, 0.6) is 0 Å². The second-order valence-electron chi connectivity index (χ2n) is 4.76. The molecule has 1 aromatic rings. The predicted molar refractivity (Wildman–Crippen MR) is 90.0 cm³/mol. The number of carboxylic acids is 1. The van der Waals surface area contributed by atoms with Crippen LogP contribution in [0.25, 0.3) is 0 Å². The zero-order valence-electron chi connectivity index (χ0n) is 13.1. The number of imide groups is 1. The van der Waals surface area contributed by atoms with E-state index in [1.54, 1.807) is 18.2 Å². The molecule has 0 aliphatic carbocycles. The molecular weight excluding hydrogens is 350 g/mol. The molecule has 9 nitrogen and oxygen atoms in total. The molecule has 0 aromatic heterocycles. The summed E-state index contributed by atoms with van der Waals surface area (Å²) in [7, 11) is 0. The Morgan fingerprint density at radius 1 is 0.960 bits per heavy atom. The maximum Gasteiger partial charge on any atom is 0.322 e. The minimum absolute atomic E-state index is 0.227. The lowest BCUT2D eigenvalue weighted by Gasteiger charge is -2.19. The summed E-state index contributed by atoms with van der Waals surface area (Å²) in [6, 6.07) is 7.92. The zero-order chi connectivity index (χ0) is 18.8. The van der Waals surface area contributed by atoms with Crippen molar-refractivity contribution in [2.24, 2.45) is 0 Å². The topological polar surface area (TPSA) is 133 Å². The molecule has 1 aromatic carbocycles. The molecule has 4 amide bonds. The molecular formula is C15H17N3O6S. The Kier molecular flexibility index (Phi) is 8.13. The van der Waals surface area contributed by atoms with Gasteiger partial charge in [0.2, 0.25) is 17.7 Å². The Bertz CT molecular complexity index is 664. The van der Waals surface area contributed by atoms with Gasteiger partial charge in [0.05, 0.1) is 12.3 Å². The molecule has 0 spiro atoms. The minimum atomic E-state index is -1.22. The summed E-state index contributed by atoms with van der Waals surface area (Å²) >= 11 is 3.82. The number of benzene rings is 1. The molecule has 134 valence electrons. The van der Waals surface area contributed by atoms with Gasteiger partial charge in [0.1, 0.15) is 13.1 Å². The maximum atomic E-state index is 12.3. The van der Waals surface area contributed by atoms with E-state index in [2.05, 4.69) is 23.3 Å². The van der Waals surface area contributed by atoms with Crippen LogP contribution >= 0.6 is 12.6 Å². The highest BCUT2D eigenvalue weighted by Gasteiger charge is 2.24. The lowest BCUT2D eigenvalue weighted by Crippen LogP contribution is -2.47. The average Bonchev–Trinajstić information content (AvgIpc) is 2.62. The molecule has 0 atom stereocenters. The zero-order valence-corrected chi connectivity index (χ0v) is 14.0. The van der Waals surface area contributed by atoms with Gasteiger partial charge in [-0.15, -0.1) is 0 Å². The fourth-order valence-corrected chi connectivity index (χ4v) is 1.88. The third-order valence-electron chi connectivity index (χ3n) is 2.89. The summed E-state index contributed by atoms with van der Waals surface area (Å²) in [4.78, 5) is 58.5. The van der Waals surface area contributed by atoms with Crippen LogP contribution in [-0.2, 0) is 19.2 Å². The standard InChI is InChI=1S/C15H17N3O6S/c19-11(17-7-14(22)23)6-16-12(20)8-18(13(21)9-25)15(24)10-4-2-1-3-5-10/h1-5,25H,6-9H2,(H,16,20)(H,17,19)(H,22,23). The van der Waals surface area contributed by atoms with Crippen molar-refractivity contribution in [3.05, 3.63) is 35.9 Å². The van der Waals surface area contributed by atoms with E-state index in [1.165, 1.54) is 12.1 Å². The summed E-state index contributed by atoms with van der Waals surface area (Å²) in [6.45, 7) is -1.64. The second kappa shape index (κ2) is 10.1. The van der Waals surface area contributed by atoms with Crippen molar-refractivity contribution in [2.75, 3.05) is 25.4 Å². The molecule has 0 bridgehead atoms. The smallest absolute Gasteiger partial charge is 0.322 e. The van der Waals surface area contributed by atoms with Gasteiger partial charge in [-0.25, -0.2) is 0 Å². The monoisotopic (exact) mass is 367 g/mol. The summed E-state index contributed by atoms with van der Waals surface area (Å²) in [6.07, 6.45) is 0. The highest BCUT2D eigenvalue weighted by atomic mass is 32.1. The molecule has 0 radical (unpaired) electrons. The van der Waals surface area contributed by atoms with Crippen molar-refractivity contribution in [2.45, 2.75) is 0 Å². The third kappa shape index (κ3) is 7.04. The number of hydrogen-bond donors (Lipinski definition) is 4. The minimum Gasteiger partial charge on any atom is -0.480 e. The summed E-state index contributed by atoms with van der Waals surface area (Å²) in [5.74, 6) is -4.28. The Morgan fingerprint density at radius 2 is 1.56 bits per heavy atom. The molecule has 0 unspecified atom stereocenters. The van der Waals surface area contributed by atoms with Crippen LogP contribution in [0.4, 0.5) is 0 Å². The molecule has 0 saturated carbocycles. The number of carboxylic acid groups (broad SMARTS) is 1. The van der Waals surface area contributed by atoms with Gasteiger partial charge >= 0.3 is 5.97 Å². The Hall–Kier alpha value is -2.88. The van der Waals surface area contributed by atoms with E-state index in [1.807, 2.05) is 0 Å². The quantitative estimate of drug-likeness (QED) is 0.431. The van der Waals surface area contributed by atoms with E-state index in [-0.39, 0.29) is 11.3 Å². The molecule has 3 N–H and O–H groups in total. The molecule has 25 heavy (non-hydrogen) atoms. The number of nitrogens with one attached hydrogen (secondary N) is 2. The van der Waals surface area contributed by atoms with Crippen LogP contribution in [0.15, 0.2) is 30.3 Å². The summed E-state index contributed by atoms with van der Waals surface area (Å²) < 4.78 is 0. The molecule has 1 rings (SSSR count). The third-order valence-corrected chi connectivity index (χ3v) is 3.16. The number of rotatable bonds is 8. The Morgan fingerprint density at radius 3 is 2.12 bits per heavy atom. The number of thiol groups is 1. The molecule has 0 fully saturated rings. The van der Waals surface area contributed by atoms with E-state index in [4.69, 9.17) is 5.11 Å². The number of aliphatic carboxylic acids is 1. The van der Waals surface area contributed by atoms with Gasteiger partial charge in [0.15, 0.2) is 0 Å². The van der Waals surface area contributed by atoms with Crippen LogP contribution in [0.3, 0.4) is 0 Å². The Labute approximate surface area is 148 Å². The van der Waals surface area contributed by atoms with Crippen molar-refractivity contribution < 1.29 is 29.1 Å². The van der Waals surface area contributed by atoms with Crippen molar-refractivity contribution in [3.63, 3.8) is 0 Å². The average molecular weight is 367 g/mol. The van der Waals surface area contributed by atoms with E-state index >= 15 is 0 Å². The number of hydrogen-bond acceptors (Lipinski definition) is 6. The van der Waals surface area contributed by atoms with Gasteiger partial charge in [-0.3, -0.25) is 28.9 Å². The highest BCUT2D eigenvalue weighted by molar-refractivity contribution is 7.81. The van der Waals surface area contributed by atoms with Gasteiger partial charge in [-0.1, -0.05) is 18.2 Å². The van der Waals surface area contributed by atoms with E-state index in [0.717, 1.165) is 4.90 Å². The van der Waals surface area contributed by atoms with Crippen molar-refractivity contribution in [1.29, 1.82) is 0 Å². The molecule has 0 heterocycles. The lowest BCUT2D eigenvalue weighted by atomic mass is 10.2. The Balaban J connectivity index is 2.65. The van der Waals surface area contributed by atoms with E-state index in [9.17, 15) is 24.0 Å². The summed E-state index contributed by atoms with van der Waals surface area (Å²) in [5.41, 5.74) is 0.227. The highest BCUT2D eigenvalue weighted by Crippen LogP contribution is 2.05. The van der Waals surface area contributed by atoms with Crippen molar-refractivity contribution in [1.82, 2.24) is 15.5 Å². The van der Waals surface area contributed by atoms with E-state index < -0.39 is 49.2 Å². The molecule has 0 saturated heterocycles. The van der Waals surface area contributed by atoms with Crippen LogP contribution in [-0.4, -0.2) is 65.0 Å². The first-order valence-electron chi connectivity index (χ1n) is 7.11. The first kappa shape index (κ1) is 20.2. The first-order chi connectivity index (χ1) is 11.8. The van der Waals surface area contributed by atoms with Crippen LogP contribution in [0.2, 0.25) is 0 Å². The van der Waals surface area contributed by atoms with Crippen LogP contribution < -0.4 is 10.6 Å². The van der Waals surface area contributed by atoms with Crippen molar-refractivity contribution >= 4 is 42.2 Å². The summed E-state index contributed by atoms with van der Waals surface area (Å²) in [5, 5.41) is 12.7. The largest absolute Gasteiger partial charge is 0.480 e. The van der Waals surface area contributed by atoms with Gasteiger partial charge in [0, 0.05) is 5.56 Å². The first-order valence-corrected chi connectivity index (χ1v) is 7.74. The number of carbonyl (C=O) groups is 5. The van der Waals surface area contributed by atoms with Gasteiger partial charge in [-0.05, 0) is 12.1 Å². The fourth-order valence-electron chi connectivity index (χ4n) is 1.71. The van der Waals surface area contributed by atoms with E-state index in [0.29, 0.717) is 0 Å². The second-order valence-corrected chi connectivity index (χ2v) is 5.07. The number of amides is 4. The van der Waals surface area contributed by atoms with Crippen LogP contribution in [0, 0.1) is 0 Å². The molecule has 0 aliphatic rings.